The molecular formula is C17H20N2O5S2. The normalized spacial score (nSPS) is 10.5. The summed E-state index contributed by atoms with van der Waals surface area (Å²) in [6.45, 7) is 2.07. The van der Waals surface area contributed by atoms with E-state index >= 15 is 0 Å². The molecule has 0 aliphatic rings. The second-order valence-corrected chi connectivity index (χ2v) is 7.28. The molecule has 0 bridgehead atoms. The van der Waals surface area contributed by atoms with Crippen molar-refractivity contribution in [3.8, 4) is 17.2 Å². The molecule has 0 amide bonds. The molecule has 1 aromatic heterocycles. The van der Waals surface area contributed by atoms with Crippen molar-refractivity contribution in [1.29, 1.82) is 0 Å². The zero-order chi connectivity index (χ0) is 19.1. The third-order valence-corrected chi connectivity index (χ3v) is 5.91. The minimum atomic E-state index is -0.433. The van der Waals surface area contributed by atoms with E-state index in [-0.39, 0.29) is 5.69 Å². The number of benzene rings is 1. The van der Waals surface area contributed by atoms with Gasteiger partial charge in [0.2, 0.25) is 5.75 Å². The Morgan fingerprint density at radius 2 is 1.88 bits per heavy atom. The van der Waals surface area contributed by atoms with Gasteiger partial charge in [-0.25, -0.2) is 4.98 Å². The van der Waals surface area contributed by atoms with Crippen LogP contribution < -0.4 is 14.2 Å². The second-order valence-electron chi connectivity index (χ2n) is 5.12. The Hall–Kier alpha value is -2.13. The van der Waals surface area contributed by atoms with Gasteiger partial charge in [0.15, 0.2) is 16.5 Å². The molecule has 0 aliphatic heterocycles. The number of rotatable bonds is 9. The Balaban J connectivity index is 2.44. The zero-order valence-corrected chi connectivity index (χ0v) is 16.6. The molecule has 0 spiro atoms. The van der Waals surface area contributed by atoms with Crippen molar-refractivity contribution < 1.29 is 19.1 Å². The zero-order valence-electron chi connectivity index (χ0n) is 15.0. The van der Waals surface area contributed by atoms with E-state index in [0.717, 1.165) is 23.3 Å². The van der Waals surface area contributed by atoms with Crippen LogP contribution in [0.15, 0.2) is 34.3 Å². The number of pyridine rings is 1. The predicted octanol–water partition coefficient (Wildman–Crippen LogP) is 4.77. The summed E-state index contributed by atoms with van der Waals surface area (Å²) in [6.07, 6.45) is 3.22. The van der Waals surface area contributed by atoms with Crippen LogP contribution in [0.25, 0.3) is 0 Å². The number of hydrogen-bond acceptors (Lipinski definition) is 8. The van der Waals surface area contributed by atoms with Crippen LogP contribution in [-0.4, -0.2) is 31.2 Å². The van der Waals surface area contributed by atoms with E-state index in [1.54, 1.807) is 27.4 Å². The summed E-state index contributed by atoms with van der Waals surface area (Å²) in [5, 5.41) is 11.5. The maximum Gasteiger partial charge on any atom is 0.302 e. The molecule has 0 saturated heterocycles. The fourth-order valence-electron chi connectivity index (χ4n) is 2.42. The SMILES string of the molecule is CCCc1c(SSc2ncccc2[N+](=O)[O-])cc(OC)c(OC)c1OC. The fraction of sp³-hybridized carbons (Fsp3) is 0.353. The summed E-state index contributed by atoms with van der Waals surface area (Å²) in [5.74, 6) is 1.70. The maximum atomic E-state index is 11.2. The number of nitro groups is 1. The van der Waals surface area contributed by atoms with Gasteiger partial charge in [-0.05, 0) is 29.3 Å². The molecule has 7 nitrogen and oxygen atoms in total. The largest absolute Gasteiger partial charge is 0.493 e. The van der Waals surface area contributed by atoms with Crippen molar-refractivity contribution in [3.05, 3.63) is 40.1 Å². The molecule has 0 saturated carbocycles. The minimum absolute atomic E-state index is 0.0190. The molecule has 2 rings (SSSR count). The van der Waals surface area contributed by atoms with Crippen LogP contribution in [0.1, 0.15) is 18.9 Å². The molecule has 0 aliphatic carbocycles. The second kappa shape index (κ2) is 9.54. The summed E-state index contributed by atoms with van der Waals surface area (Å²) < 4.78 is 16.4. The van der Waals surface area contributed by atoms with E-state index in [1.807, 2.05) is 6.07 Å². The van der Waals surface area contributed by atoms with E-state index < -0.39 is 4.92 Å². The summed E-state index contributed by atoms with van der Waals surface area (Å²) in [5.41, 5.74) is 0.957. The first-order chi connectivity index (χ1) is 12.6. The third-order valence-electron chi connectivity index (χ3n) is 3.55. The lowest BCUT2D eigenvalue weighted by atomic mass is 10.1. The minimum Gasteiger partial charge on any atom is -0.493 e. The molecule has 9 heteroatoms. The van der Waals surface area contributed by atoms with Crippen LogP contribution in [0.4, 0.5) is 5.69 Å². The van der Waals surface area contributed by atoms with Crippen LogP contribution in [-0.2, 0) is 6.42 Å². The lowest BCUT2D eigenvalue weighted by Crippen LogP contribution is -2.01. The van der Waals surface area contributed by atoms with Crippen LogP contribution in [0.5, 0.6) is 17.2 Å². The average Bonchev–Trinajstić information content (AvgIpc) is 2.66. The summed E-state index contributed by atoms with van der Waals surface area (Å²) in [7, 11) is 7.32. The topological polar surface area (TPSA) is 83.7 Å². The van der Waals surface area contributed by atoms with Gasteiger partial charge in [0.25, 0.3) is 0 Å². The highest BCUT2D eigenvalue weighted by Gasteiger charge is 2.22. The molecule has 0 N–H and O–H groups in total. The van der Waals surface area contributed by atoms with Crippen molar-refractivity contribution in [2.75, 3.05) is 21.3 Å². The monoisotopic (exact) mass is 396 g/mol. The standard InChI is InChI=1S/C17H20N2O5S2/c1-5-7-11-14(10-13(22-2)16(24-4)15(11)23-3)25-26-17-12(19(20)21)8-6-9-18-17/h6,8-10H,5,7H2,1-4H3. The molecule has 0 unspecified atom stereocenters. The molecule has 0 atom stereocenters. The number of methoxy groups -OCH3 is 3. The van der Waals surface area contributed by atoms with E-state index in [9.17, 15) is 10.1 Å². The van der Waals surface area contributed by atoms with Crippen molar-refractivity contribution >= 4 is 27.3 Å². The van der Waals surface area contributed by atoms with Gasteiger partial charge in [-0.15, -0.1) is 0 Å². The lowest BCUT2D eigenvalue weighted by Gasteiger charge is -2.18. The van der Waals surface area contributed by atoms with Gasteiger partial charge in [-0.2, -0.15) is 0 Å². The fourth-order valence-corrected chi connectivity index (χ4v) is 4.71. The third kappa shape index (κ3) is 4.34. The Bertz CT molecular complexity index is 786. The Kier molecular flexibility index (Phi) is 7.40. The van der Waals surface area contributed by atoms with E-state index in [2.05, 4.69) is 11.9 Å². The van der Waals surface area contributed by atoms with E-state index in [1.165, 1.54) is 33.9 Å². The number of aromatic nitrogens is 1. The molecule has 0 radical (unpaired) electrons. The Morgan fingerprint density at radius 1 is 1.15 bits per heavy atom. The maximum absolute atomic E-state index is 11.2. The molecule has 1 heterocycles. The van der Waals surface area contributed by atoms with Gasteiger partial charge >= 0.3 is 5.69 Å². The van der Waals surface area contributed by atoms with Gasteiger partial charge in [0.05, 0.1) is 26.3 Å². The van der Waals surface area contributed by atoms with Crippen molar-refractivity contribution in [2.24, 2.45) is 0 Å². The van der Waals surface area contributed by atoms with E-state index in [0.29, 0.717) is 22.3 Å². The summed E-state index contributed by atoms with van der Waals surface area (Å²) in [6, 6.07) is 4.85. The summed E-state index contributed by atoms with van der Waals surface area (Å²) in [4.78, 5) is 15.8. The smallest absolute Gasteiger partial charge is 0.302 e. The Labute approximate surface area is 160 Å². The van der Waals surface area contributed by atoms with Crippen LogP contribution >= 0.6 is 21.6 Å². The Morgan fingerprint density at radius 3 is 2.46 bits per heavy atom. The molecule has 140 valence electrons. The molecule has 0 fully saturated rings. The van der Waals surface area contributed by atoms with Gasteiger partial charge in [-0.3, -0.25) is 10.1 Å². The average molecular weight is 396 g/mol. The number of ether oxygens (including phenoxy) is 3. The molecule has 26 heavy (non-hydrogen) atoms. The van der Waals surface area contributed by atoms with E-state index in [4.69, 9.17) is 14.2 Å². The first-order valence-corrected chi connectivity index (χ1v) is 9.98. The van der Waals surface area contributed by atoms with Crippen molar-refractivity contribution in [1.82, 2.24) is 4.98 Å². The van der Waals surface area contributed by atoms with Gasteiger partial charge < -0.3 is 14.2 Å². The first kappa shape index (κ1) is 20.2. The predicted molar refractivity (Wildman–Crippen MR) is 103 cm³/mol. The highest BCUT2D eigenvalue weighted by Crippen LogP contribution is 2.49. The molecule has 1 aromatic carbocycles. The van der Waals surface area contributed by atoms with Crippen LogP contribution in [0, 0.1) is 10.1 Å². The van der Waals surface area contributed by atoms with Crippen LogP contribution in [0.3, 0.4) is 0 Å². The highest BCUT2D eigenvalue weighted by atomic mass is 33.1. The number of nitrogens with zero attached hydrogens (tertiary/aromatic N) is 2. The molecular weight excluding hydrogens is 376 g/mol. The lowest BCUT2D eigenvalue weighted by molar-refractivity contribution is -0.388. The molecule has 2 aromatic rings. The number of hydrogen-bond donors (Lipinski definition) is 0. The van der Waals surface area contributed by atoms with Gasteiger partial charge in [0.1, 0.15) is 0 Å². The highest BCUT2D eigenvalue weighted by molar-refractivity contribution is 8.76. The van der Waals surface area contributed by atoms with Crippen LogP contribution in [0.2, 0.25) is 0 Å². The first-order valence-electron chi connectivity index (χ1n) is 7.83. The van der Waals surface area contributed by atoms with Crippen molar-refractivity contribution in [2.45, 2.75) is 29.7 Å². The van der Waals surface area contributed by atoms with Gasteiger partial charge in [-0.1, -0.05) is 24.1 Å². The quantitative estimate of drug-likeness (QED) is 0.340. The summed E-state index contributed by atoms with van der Waals surface area (Å²) >= 11 is 0. The van der Waals surface area contributed by atoms with Crippen molar-refractivity contribution in [3.63, 3.8) is 0 Å². The van der Waals surface area contributed by atoms with Gasteiger partial charge in [0, 0.05) is 22.7 Å².